The lowest BCUT2D eigenvalue weighted by atomic mass is 10.2. The number of sulfonamides is 1. The third-order valence-corrected chi connectivity index (χ3v) is 6.45. The first-order valence-electron chi connectivity index (χ1n) is 9.83. The van der Waals surface area contributed by atoms with Crippen LogP contribution in [0.25, 0.3) is 0 Å². The molecule has 8 heteroatoms. The molecule has 0 bridgehead atoms. The number of anilines is 1. The number of aryl methyl sites for hydroxylation is 1. The summed E-state index contributed by atoms with van der Waals surface area (Å²) in [6, 6.07) is 11.3. The minimum absolute atomic E-state index is 0.00938. The Morgan fingerprint density at radius 1 is 1.07 bits per heavy atom. The van der Waals surface area contributed by atoms with Gasteiger partial charge in [0.05, 0.1) is 24.8 Å². The summed E-state index contributed by atoms with van der Waals surface area (Å²) in [5.74, 6) is 0.355. The molecule has 1 N–H and O–H groups in total. The van der Waals surface area contributed by atoms with Gasteiger partial charge in [-0.2, -0.15) is 0 Å². The van der Waals surface area contributed by atoms with E-state index in [-0.39, 0.29) is 23.4 Å². The van der Waals surface area contributed by atoms with Crippen molar-refractivity contribution in [2.75, 3.05) is 25.1 Å². The second-order valence-electron chi connectivity index (χ2n) is 7.12. The Morgan fingerprint density at radius 3 is 2.27 bits per heavy atom. The summed E-state index contributed by atoms with van der Waals surface area (Å²) in [7, 11) is -1.11. The molecule has 0 aliphatic rings. The Morgan fingerprint density at radius 2 is 1.70 bits per heavy atom. The van der Waals surface area contributed by atoms with Crippen LogP contribution in [0.1, 0.15) is 32.3 Å². The summed E-state index contributed by atoms with van der Waals surface area (Å²) in [4.78, 5) is 12.6. The van der Waals surface area contributed by atoms with Crippen LogP contribution in [0.5, 0.6) is 11.5 Å². The van der Waals surface area contributed by atoms with Crippen molar-refractivity contribution in [1.29, 1.82) is 0 Å². The maximum atomic E-state index is 13.5. The molecule has 0 spiro atoms. The topological polar surface area (TPSA) is 84.9 Å². The van der Waals surface area contributed by atoms with E-state index in [1.54, 1.807) is 12.1 Å². The van der Waals surface area contributed by atoms with Crippen molar-refractivity contribution in [1.82, 2.24) is 5.32 Å². The predicted octanol–water partition coefficient (Wildman–Crippen LogP) is 3.51. The highest BCUT2D eigenvalue weighted by Gasteiger charge is 2.28. The number of hydrogen-bond donors (Lipinski definition) is 1. The predicted molar refractivity (Wildman–Crippen MR) is 118 cm³/mol. The van der Waals surface area contributed by atoms with Gasteiger partial charge in [-0.25, -0.2) is 8.42 Å². The van der Waals surface area contributed by atoms with Crippen LogP contribution in [-0.2, 0) is 14.8 Å². The van der Waals surface area contributed by atoms with Crippen LogP contribution >= 0.6 is 0 Å². The van der Waals surface area contributed by atoms with E-state index in [1.165, 1.54) is 32.4 Å². The Hall–Kier alpha value is -2.74. The van der Waals surface area contributed by atoms with Gasteiger partial charge >= 0.3 is 0 Å². The third-order valence-electron chi connectivity index (χ3n) is 4.68. The van der Waals surface area contributed by atoms with Crippen LogP contribution in [0.2, 0.25) is 0 Å². The Balaban J connectivity index is 2.44. The average Bonchev–Trinajstić information content (AvgIpc) is 2.72. The van der Waals surface area contributed by atoms with Crippen LogP contribution < -0.4 is 19.1 Å². The number of carbonyl (C=O) groups excluding carboxylic acids is 1. The molecule has 0 unspecified atom stereocenters. The maximum Gasteiger partial charge on any atom is 0.264 e. The van der Waals surface area contributed by atoms with Crippen LogP contribution in [0.3, 0.4) is 0 Å². The van der Waals surface area contributed by atoms with Gasteiger partial charge in [-0.1, -0.05) is 31.0 Å². The van der Waals surface area contributed by atoms with Crippen LogP contribution in [-0.4, -0.2) is 41.1 Å². The minimum atomic E-state index is -4.03. The molecule has 0 aliphatic heterocycles. The fourth-order valence-electron chi connectivity index (χ4n) is 3.09. The molecule has 0 aliphatic carbocycles. The number of methoxy groups -OCH3 is 2. The number of hydrogen-bond acceptors (Lipinski definition) is 5. The molecule has 0 saturated heterocycles. The number of carbonyl (C=O) groups is 1. The highest BCUT2D eigenvalue weighted by atomic mass is 32.2. The van der Waals surface area contributed by atoms with Crippen LogP contribution in [0, 0.1) is 6.92 Å². The number of benzene rings is 2. The summed E-state index contributed by atoms with van der Waals surface area (Å²) in [5, 5.41) is 2.87. The van der Waals surface area contributed by atoms with Crippen molar-refractivity contribution in [3.05, 3.63) is 48.0 Å². The van der Waals surface area contributed by atoms with Gasteiger partial charge in [-0.3, -0.25) is 9.10 Å². The smallest absolute Gasteiger partial charge is 0.264 e. The number of nitrogens with one attached hydrogen (secondary N) is 1. The maximum absolute atomic E-state index is 13.5. The van der Waals surface area contributed by atoms with E-state index >= 15 is 0 Å². The molecule has 0 fully saturated rings. The normalized spacial score (nSPS) is 12.2. The fraction of sp³-hybridized carbons (Fsp3) is 0.409. The van der Waals surface area contributed by atoms with E-state index in [0.29, 0.717) is 17.2 Å². The highest BCUT2D eigenvalue weighted by molar-refractivity contribution is 7.92. The van der Waals surface area contributed by atoms with E-state index in [2.05, 4.69) is 5.32 Å². The molecule has 0 radical (unpaired) electrons. The third kappa shape index (κ3) is 5.66. The molecular formula is C22H30N2O5S. The van der Waals surface area contributed by atoms with Gasteiger partial charge in [-0.05, 0) is 44.5 Å². The number of nitrogens with zero attached hydrogens (tertiary/aromatic N) is 1. The molecule has 0 aromatic heterocycles. The van der Waals surface area contributed by atoms with Crippen molar-refractivity contribution in [3.8, 4) is 11.5 Å². The first-order valence-corrected chi connectivity index (χ1v) is 11.3. The molecule has 7 nitrogen and oxygen atoms in total. The molecule has 2 rings (SSSR count). The summed E-state index contributed by atoms with van der Waals surface area (Å²) in [6.45, 7) is 5.52. The van der Waals surface area contributed by atoms with Gasteiger partial charge < -0.3 is 14.8 Å². The first-order chi connectivity index (χ1) is 14.2. The molecule has 0 heterocycles. The summed E-state index contributed by atoms with van der Waals surface area (Å²) in [6.07, 6.45) is 1.74. The van der Waals surface area contributed by atoms with Gasteiger partial charge in [0.1, 0.15) is 6.54 Å². The Kier molecular flexibility index (Phi) is 8.11. The number of amides is 1. The second-order valence-corrected chi connectivity index (χ2v) is 8.98. The molecule has 30 heavy (non-hydrogen) atoms. The zero-order valence-corrected chi connectivity index (χ0v) is 19.0. The number of rotatable bonds is 10. The van der Waals surface area contributed by atoms with Gasteiger partial charge in [0, 0.05) is 12.1 Å². The van der Waals surface area contributed by atoms with Crippen molar-refractivity contribution < 1.29 is 22.7 Å². The van der Waals surface area contributed by atoms with E-state index in [4.69, 9.17) is 9.47 Å². The summed E-state index contributed by atoms with van der Waals surface area (Å²) in [5.41, 5.74) is 1.40. The van der Waals surface area contributed by atoms with E-state index < -0.39 is 10.0 Å². The SMILES string of the molecule is CCC[C@H](C)NC(=O)CN(c1ccc(C)cc1)S(=O)(=O)c1ccc(OC)c(OC)c1. The van der Waals surface area contributed by atoms with Crippen molar-refractivity contribution in [2.45, 2.75) is 44.6 Å². The van der Waals surface area contributed by atoms with E-state index in [0.717, 1.165) is 22.7 Å². The molecule has 2 aromatic carbocycles. The van der Waals surface area contributed by atoms with Gasteiger partial charge in [0.25, 0.3) is 10.0 Å². The zero-order valence-electron chi connectivity index (χ0n) is 18.1. The monoisotopic (exact) mass is 434 g/mol. The highest BCUT2D eigenvalue weighted by Crippen LogP contribution is 2.32. The van der Waals surface area contributed by atoms with Gasteiger partial charge in [0.2, 0.25) is 5.91 Å². The fourth-order valence-corrected chi connectivity index (χ4v) is 4.52. The van der Waals surface area contributed by atoms with Gasteiger partial charge in [-0.15, -0.1) is 0 Å². The quantitative estimate of drug-likeness (QED) is 0.619. The largest absolute Gasteiger partial charge is 0.493 e. The summed E-state index contributed by atoms with van der Waals surface area (Å²) >= 11 is 0. The van der Waals surface area contributed by atoms with Crippen LogP contribution in [0.4, 0.5) is 5.69 Å². The molecule has 1 amide bonds. The number of ether oxygens (including phenoxy) is 2. The standard InChI is InChI=1S/C22H30N2O5S/c1-6-7-17(3)23-22(25)15-24(18-10-8-16(2)9-11-18)30(26,27)19-12-13-20(28-4)21(14-19)29-5/h8-14,17H,6-7,15H2,1-5H3,(H,23,25)/t17-/m0/s1. The average molecular weight is 435 g/mol. The lowest BCUT2D eigenvalue weighted by molar-refractivity contribution is -0.120. The van der Waals surface area contributed by atoms with E-state index in [1.807, 2.05) is 32.9 Å². The summed E-state index contributed by atoms with van der Waals surface area (Å²) < 4.78 is 38.5. The van der Waals surface area contributed by atoms with Crippen molar-refractivity contribution >= 4 is 21.6 Å². The van der Waals surface area contributed by atoms with Crippen molar-refractivity contribution in [3.63, 3.8) is 0 Å². The zero-order chi connectivity index (χ0) is 22.3. The molecule has 1 atom stereocenters. The van der Waals surface area contributed by atoms with E-state index in [9.17, 15) is 13.2 Å². The van der Waals surface area contributed by atoms with Crippen molar-refractivity contribution in [2.24, 2.45) is 0 Å². The first kappa shape index (κ1) is 23.5. The second kappa shape index (κ2) is 10.3. The molecule has 164 valence electrons. The Labute approximate surface area is 179 Å². The molecular weight excluding hydrogens is 404 g/mol. The Bertz CT molecular complexity index is 958. The lowest BCUT2D eigenvalue weighted by Gasteiger charge is -2.25. The minimum Gasteiger partial charge on any atom is -0.493 e. The lowest BCUT2D eigenvalue weighted by Crippen LogP contribution is -2.43. The molecule has 0 saturated carbocycles. The van der Waals surface area contributed by atoms with Gasteiger partial charge in [0.15, 0.2) is 11.5 Å². The molecule has 2 aromatic rings. The van der Waals surface area contributed by atoms with Crippen LogP contribution in [0.15, 0.2) is 47.4 Å².